The van der Waals surface area contributed by atoms with Crippen molar-refractivity contribution in [3.8, 4) is 11.5 Å². The van der Waals surface area contributed by atoms with Gasteiger partial charge >= 0.3 is 6.03 Å². The van der Waals surface area contributed by atoms with Crippen molar-refractivity contribution in [2.75, 3.05) is 32.6 Å². The number of amides is 2. The summed E-state index contributed by atoms with van der Waals surface area (Å²) in [7, 11) is 3.17. The van der Waals surface area contributed by atoms with E-state index in [0.717, 1.165) is 32.5 Å². The Kier molecular flexibility index (Phi) is 6.54. The zero-order valence-electron chi connectivity index (χ0n) is 15.9. The molecule has 0 radical (unpaired) electrons. The van der Waals surface area contributed by atoms with Gasteiger partial charge in [-0.3, -0.25) is 4.90 Å². The number of carbonyl (C=O) groups excluding carboxylic acids is 1. The first-order chi connectivity index (χ1) is 13.2. The van der Waals surface area contributed by atoms with E-state index in [9.17, 15) is 4.79 Å². The number of benzene rings is 2. The van der Waals surface area contributed by atoms with E-state index in [4.69, 9.17) is 9.47 Å². The number of ether oxygens (including phenoxy) is 2. The molecule has 6 heteroatoms. The van der Waals surface area contributed by atoms with Crippen molar-refractivity contribution in [2.24, 2.45) is 0 Å². The molecule has 0 spiro atoms. The van der Waals surface area contributed by atoms with E-state index in [0.29, 0.717) is 17.2 Å². The van der Waals surface area contributed by atoms with Crippen molar-refractivity contribution in [2.45, 2.75) is 25.4 Å². The van der Waals surface area contributed by atoms with Crippen LogP contribution in [0.5, 0.6) is 11.5 Å². The number of likely N-dealkylation sites (tertiary alicyclic amines) is 1. The molecule has 144 valence electrons. The molecule has 0 unspecified atom stereocenters. The molecule has 0 bridgehead atoms. The molecule has 0 saturated carbocycles. The third-order valence-electron chi connectivity index (χ3n) is 4.78. The van der Waals surface area contributed by atoms with E-state index in [2.05, 4.69) is 39.8 Å². The smallest absolute Gasteiger partial charge is 0.319 e. The molecule has 3 rings (SSSR count). The Labute approximate surface area is 160 Å². The minimum atomic E-state index is -0.202. The summed E-state index contributed by atoms with van der Waals surface area (Å²) in [5, 5.41) is 5.93. The second-order valence-electron chi connectivity index (χ2n) is 6.74. The van der Waals surface area contributed by atoms with Crippen LogP contribution in [-0.2, 0) is 6.54 Å². The van der Waals surface area contributed by atoms with Crippen LogP contribution in [0.4, 0.5) is 10.5 Å². The fraction of sp³-hybridized carbons (Fsp3) is 0.381. The van der Waals surface area contributed by atoms with Crippen molar-refractivity contribution in [1.29, 1.82) is 0 Å². The summed E-state index contributed by atoms with van der Waals surface area (Å²) in [6, 6.07) is 15.8. The highest BCUT2D eigenvalue weighted by Crippen LogP contribution is 2.25. The first kappa shape index (κ1) is 19.0. The summed E-state index contributed by atoms with van der Waals surface area (Å²) in [4.78, 5) is 14.8. The number of carbonyl (C=O) groups is 1. The van der Waals surface area contributed by atoms with Crippen molar-refractivity contribution in [3.05, 3.63) is 54.1 Å². The Morgan fingerprint density at radius 2 is 1.67 bits per heavy atom. The SMILES string of the molecule is COc1cc(NC(=O)NC2CCN(Cc3ccccc3)CC2)cc(OC)c1. The van der Waals surface area contributed by atoms with E-state index in [1.165, 1.54) is 5.56 Å². The third-order valence-corrected chi connectivity index (χ3v) is 4.78. The first-order valence-electron chi connectivity index (χ1n) is 9.23. The fourth-order valence-corrected chi connectivity index (χ4v) is 3.31. The molecule has 2 aromatic rings. The topological polar surface area (TPSA) is 62.8 Å². The van der Waals surface area contributed by atoms with Crippen LogP contribution in [0.1, 0.15) is 18.4 Å². The van der Waals surface area contributed by atoms with Crippen LogP contribution >= 0.6 is 0 Å². The fourth-order valence-electron chi connectivity index (χ4n) is 3.31. The lowest BCUT2D eigenvalue weighted by Crippen LogP contribution is -2.45. The van der Waals surface area contributed by atoms with Gasteiger partial charge in [0, 0.05) is 49.6 Å². The van der Waals surface area contributed by atoms with Gasteiger partial charge in [-0.2, -0.15) is 0 Å². The largest absolute Gasteiger partial charge is 0.497 e. The van der Waals surface area contributed by atoms with Gasteiger partial charge in [0.1, 0.15) is 11.5 Å². The maximum atomic E-state index is 12.3. The second-order valence-corrected chi connectivity index (χ2v) is 6.74. The van der Waals surface area contributed by atoms with Gasteiger partial charge in [0.15, 0.2) is 0 Å². The molecule has 2 amide bonds. The quantitative estimate of drug-likeness (QED) is 0.818. The van der Waals surface area contributed by atoms with Gasteiger partial charge in [0.25, 0.3) is 0 Å². The number of rotatable bonds is 6. The lowest BCUT2D eigenvalue weighted by atomic mass is 10.0. The summed E-state index contributed by atoms with van der Waals surface area (Å²) >= 11 is 0. The minimum Gasteiger partial charge on any atom is -0.497 e. The maximum Gasteiger partial charge on any atom is 0.319 e. The van der Waals surface area contributed by atoms with Crippen molar-refractivity contribution in [1.82, 2.24) is 10.2 Å². The molecule has 27 heavy (non-hydrogen) atoms. The lowest BCUT2D eigenvalue weighted by Gasteiger charge is -2.32. The molecule has 6 nitrogen and oxygen atoms in total. The zero-order valence-corrected chi connectivity index (χ0v) is 15.9. The Balaban J connectivity index is 1.47. The Morgan fingerprint density at radius 1 is 1.04 bits per heavy atom. The summed E-state index contributed by atoms with van der Waals surface area (Å²) in [6.07, 6.45) is 1.89. The van der Waals surface area contributed by atoms with Crippen molar-refractivity contribution >= 4 is 11.7 Å². The molecule has 0 aliphatic carbocycles. The third kappa shape index (κ3) is 5.62. The van der Waals surface area contributed by atoms with Crippen molar-refractivity contribution < 1.29 is 14.3 Å². The van der Waals surface area contributed by atoms with Crippen LogP contribution in [-0.4, -0.2) is 44.3 Å². The van der Waals surface area contributed by atoms with Gasteiger partial charge in [0.2, 0.25) is 0 Å². The molecular weight excluding hydrogens is 342 g/mol. The highest BCUT2D eigenvalue weighted by Gasteiger charge is 2.20. The molecule has 1 fully saturated rings. The molecule has 0 atom stereocenters. The van der Waals surface area contributed by atoms with Gasteiger partial charge in [-0.15, -0.1) is 0 Å². The highest BCUT2D eigenvalue weighted by molar-refractivity contribution is 5.90. The molecule has 1 heterocycles. The molecule has 1 aliphatic heterocycles. The molecule has 2 N–H and O–H groups in total. The van der Waals surface area contributed by atoms with Crippen LogP contribution in [0, 0.1) is 0 Å². The number of hydrogen-bond donors (Lipinski definition) is 2. The molecule has 1 saturated heterocycles. The summed E-state index contributed by atoms with van der Waals surface area (Å²) < 4.78 is 10.5. The standard InChI is InChI=1S/C21H27N3O3/c1-26-19-12-18(13-20(14-19)27-2)23-21(25)22-17-8-10-24(11-9-17)15-16-6-4-3-5-7-16/h3-7,12-14,17H,8-11,15H2,1-2H3,(H2,22,23,25). The molecule has 0 aromatic heterocycles. The minimum absolute atomic E-state index is 0.185. The van der Waals surface area contributed by atoms with Crippen LogP contribution in [0.2, 0.25) is 0 Å². The maximum absolute atomic E-state index is 12.3. The van der Waals surface area contributed by atoms with Gasteiger partial charge in [-0.05, 0) is 18.4 Å². The average Bonchev–Trinajstić information content (AvgIpc) is 2.70. The Hall–Kier alpha value is -2.73. The average molecular weight is 369 g/mol. The molecular formula is C21H27N3O3. The van der Waals surface area contributed by atoms with Gasteiger partial charge in [-0.1, -0.05) is 30.3 Å². The summed E-state index contributed by atoms with van der Waals surface area (Å²) in [5.74, 6) is 1.28. The number of nitrogens with one attached hydrogen (secondary N) is 2. The van der Waals surface area contributed by atoms with Crippen LogP contribution < -0.4 is 20.1 Å². The number of anilines is 1. The highest BCUT2D eigenvalue weighted by atomic mass is 16.5. The van der Waals surface area contributed by atoms with Crippen LogP contribution in [0.3, 0.4) is 0 Å². The molecule has 2 aromatic carbocycles. The number of methoxy groups -OCH3 is 2. The van der Waals surface area contributed by atoms with Gasteiger partial charge in [0.05, 0.1) is 14.2 Å². The van der Waals surface area contributed by atoms with E-state index >= 15 is 0 Å². The number of piperidine rings is 1. The Bertz CT molecular complexity index is 721. The van der Waals surface area contributed by atoms with Gasteiger partial charge in [-0.25, -0.2) is 4.79 Å². The van der Waals surface area contributed by atoms with E-state index in [1.807, 2.05) is 6.07 Å². The zero-order chi connectivity index (χ0) is 19.1. The van der Waals surface area contributed by atoms with Crippen LogP contribution in [0.15, 0.2) is 48.5 Å². The van der Waals surface area contributed by atoms with E-state index < -0.39 is 0 Å². The molecule has 1 aliphatic rings. The summed E-state index contributed by atoms with van der Waals surface area (Å²) in [6.45, 7) is 2.92. The van der Waals surface area contributed by atoms with Crippen molar-refractivity contribution in [3.63, 3.8) is 0 Å². The Morgan fingerprint density at radius 3 is 2.26 bits per heavy atom. The van der Waals surface area contributed by atoms with Gasteiger partial charge < -0.3 is 20.1 Å². The lowest BCUT2D eigenvalue weighted by molar-refractivity contribution is 0.190. The predicted octanol–water partition coefficient (Wildman–Crippen LogP) is 3.49. The second kappa shape index (κ2) is 9.28. The van der Waals surface area contributed by atoms with Crippen LogP contribution in [0.25, 0.3) is 0 Å². The van der Waals surface area contributed by atoms with E-state index in [-0.39, 0.29) is 12.1 Å². The number of hydrogen-bond acceptors (Lipinski definition) is 4. The normalized spacial score (nSPS) is 15.2. The monoisotopic (exact) mass is 369 g/mol. The summed E-state index contributed by atoms with van der Waals surface area (Å²) in [5.41, 5.74) is 1.97. The van der Waals surface area contributed by atoms with E-state index in [1.54, 1.807) is 32.4 Å². The predicted molar refractivity (Wildman–Crippen MR) is 106 cm³/mol. The first-order valence-corrected chi connectivity index (χ1v) is 9.23. The number of urea groups is 1. The number of nitrogens with zero attached hydrogens (tertiary/aromatic N) is 1.